The molecule has 51 heavy (non-hydrogen) atoms. The van der Waals surface area contributed by atoms with Gasteiger partial charge in [-0.05, 0) is 12.8 Å². The Morgan fingerprint density at radius 1 is 0.392 bits per heavy atom. The smallest absolute Gasteiger partial charge is 0.249 e. The fourth-order valence-corrected chi connectivity index (χ4v) is 7.55. The first-order valence-corrected chi connectivity index (χ1v) is 23.3. The molecule has 0 saturated heterocycles. The van der Waals surface area contributed by atoms with Crippen LogP contribution in [0.2, 0.25) is 0 Å². The second-order valence-electron chi connectivity index (χ2n) is 16.3. The van der Waals surface area contributed by atoms with Gasteiger partial charge in [-0.2, -0.15) is 0 Å². The molecule has 0 aromatic rings. The van der Waals surface area contributed by atoms with Crippen LogP contribution in [-0.4, -0.2) is 46.1 Å². The Bertz CT molecular complexity index is 674. The fourth-order valence-electron chi connectivity index (χ4n) is 7.55. The van der Waals surface area contributed by atoms with Crippen molar-refractivity contribution < 1.29 is 20.1 Å². The second-order valence-corrected chi connectivity index (χ2v) is 16.3. The second kappa shape index (κ2) is 42.1. The number of amides is 1. The first kappa shape index (κ1) is 50.4. The van der Waals surface area contributed by atoms with Crippen molar-refractivity contribution in [2.45, 2.75) is 283 Å². The maximum atomic E-state index is 12.5. The molecule has 306 valence electrons. The largest absolute Gasteiger partial charge is 0.394 e. The Hall–Kier alpha value is -0.650. The number of carbonyl (C=O) groups is 1. The van der Waals surface area contributed by atoms with Crippen molar-refractivity contribution in [3.05, 3.63) is 0 Å². The van der Waals surface area contributed by atoms with Crippen molar-refractivity contribution in [3.63, 3.8) is 0 Å². The number of aliphatic hydroxyl groups excluding tert-OH is 3. The summed E-state index contributed by atoms with van der Waals surface area (Å²) in [5.41, 5.74) is 0. The number of nitrogens with one attached hydrogen (secondary N) is 1. The molecule has 0 radical (unpaired) electrons. The standard InChI is InChI=1S/C46H93NO4/c1-3-5-7-9-11-13-15-17-19-20-21-22-23-24-25-27-29-31-33-35-37-39-41-45(50)46(51)47-43(42-48)44(49)40-38-36-34-32-30-28-26-18-16-14-12-10-8-6-4-2/h43-45,48-50H,3-42H2,1-2H3,(H,47,51)/t43-,44+,45?/m0/s1. The van der Waals surface area contributed by atoms with Gasteiger partial charge in [0.1, 0.15) is 6.10 Å². The summed E-state index contributed by atoms with van der Waals surface area (Å²) in [7, 11) is 0. The maximum absolute atomic E-state index is 12.5. The van der Waals surface area contributed by atoms with Gasteiger partial charge in [0.05, 0.1) is 18.8 Å². The summed E-state index contributed by atoms with van der Waals surface area (Å²) in [5, 5.41) is 33.4. The zero-order chi connectivity index (χ0) is 37.3. The summed E-state index contributed by atoms with van der Waals surface area (Å²) in [5.74, 6) is -0.465. The van der Waals surface area contributed by atoms with E-state index in [1.165, 1.54) is 205 Å². The van der Waals surface area contributed by atoms with Gasteiger partial charge >= 0.3 is 0 Å². The minimum absolute atomic E-state index is 0.308. The zero-order valence-corrected chi connectivity index (χ0v) is 34.8. The molecule has 0 aliphatic heterocycles. The van der Waals surface area contributed by atoms with E-state index in [0.29, 0.717) is 12.8 Å². The number of hydrogen-bond donors (Lipinski definition) is 4. The third kappa shape index (κ3) is 37.5. The highest BCUT2D eigenvalue weighted by molar-refractivity contribution is 5.80. The molecule has 0 bridgehead atoms. The number of unbranched alkanes of at least 4 members (excludes halogenated alkanes) is 35. The molecule has 0 aromatic carbocycles. The average molecular weight is 724 g/mol. The van der Waals surface area contributed by atoms with Crippen molar-refractivity contribution >= 4 is 5.91 Å². The van der Waals surface area contributed by atoms with E-state index in [1.807, 2.05) is 0 Å². The Morgan fingerprint density at radius 2 is 0.627 bits per heavy atom. The molecule has 1 unspecified atom stereocenters. The van der Waals surface area contributed by atoms with Gasteiger partial charge in [-0.1, -0.05) is 251 Å². The quantitative estimate of drug-likeness (QED) is 0.0472. The van der Waals surface area contributed by atoms with E-state index in [9.17, 15) is 20.1 Å². The van der Waals surface area contributed by atoms with Crippen LogP contribution in [0.3, 0.4) is 0 Å². The fraction of sp³-hybridized carbons (Fsp3) is 0.978. The summed E-state index contributed by atoms with van der Waals surface area (Å²) in [4.78, 5) is 12.5. The highest BCUT2D eigenvalue weighted by atomic mass is 16.3. The molecular weight excluding hydrogens is 631 g/mol. The average Bonchev–Trinajstić information content (AvgIpc) is 3.13. The highest BCUT2D eigenvalue weighted by Gasteiger charge is 2.23. The normalized spacial score (nSPS) is 13.4. The SMILES string of the molecule is CCCCCCCCCCCCCCCCCCCCCCCCC(O)C(=O)N[C@@H](CO)[C@H](O)CCCCCCCCCCCCCCCCC. The van der Waals surface area contributed by atoms with Gasteiger partial charge in [0.15, 0.2) is 0 Å². The van der Waals surface area contributed by atoms with Gasteiger partial charge in [-0.3, -0.25) is 4.79 Å². The molecule has 0 aliphatic carbocycles. The van der Waals surface area contributed by atoms with Crippen molar-refractivity contribution in [1.29, 1.82) is 0 Å². The lowest BCUT2D eigenvalue weighted by Gasteiger charge is -2.23. The van der Waals surface area contributed by atoms with E-state index in [-0.39, 0.29) is 6.61 Å². The molecule has 1 amide bonds. The lowest BCUT2D eigenvalue weighted by atomic mass is 10.0. The molecule has 5 heteroatoms. The van der Waals surface area contributed by atoms with Crippen LogP contribution in [-0.2, 0) is 4.79 Å². The molecule has 0 saturated carbocycles. The Balaban J connectivity index is 3.54. The van der Waals surface area contributed by atoms with Crippen molar-refractivity contribution in [3.8, 4) is 0 Å². The van der Waals surface area contributed by atoms with Crippen LogP contribution in [0, 0.1) is 0 Å². The third-order valence-electron chi connectivity index (χ3n) is 11.2. The van der Waals surface area contributed by atoms with E-state index in [4.69, 9.17) is 0 Å². The summed E-state index contributed by atoms with van der Waals surface area (Å²) >= 11 is 0. The number of hydrogen-bond acceptors (Lipinski definition) is 4. The topological polar surface area (TPSA) is 89.8 Å². The lowest BCUT2D eigenvalue weighted by molar-refractivity contribution is -0.131. The zero-order valence-electron chi connectivity index (χ0n) is 34.8. The molecule has 0 heterocycles. The minimum atomic E-state index is -1.07. The van der Waals surface area contributed by atoms with Crippen LogP contribution in [0.5, 0.6) is 0 Å². The Morgan fingerprint density at radius 3 is 0.882 bits per heavy atom. The predicted molar refractivity (Wildman–Crippen MR) is 222 cm³/mol. The van der Waals surface area contributed by atoms with Gasteiger partial charge in [0.25, 0.3) is 0 Å². The molecule has 0 rings (SSSR count). The number of aliphatic hydroxyl groups is 3. The Labute approximate surface area is 319 Å². The lowest BCUT2D eigenvalue weighted by Crippen LogP contribution is -2.49. The van der Waals surface area contributed by atoms with Crippen molar-refractivity contribution in [2.75, 3.05) is 6.61 Å². The van der Waals surface area contributed by atoms with Crippen molar-refractivity contribution in [2.24, 2.45) is 0 Å². The van der Waals surface area contributed by atoms with Gasteiger partial charge < -0.3 is 20.6 Å². The van der Waals surface area contributed by atoms with E-state index in [2.05, 4.69) is 19.2 Å². The summed E-state index contributed by atoms with van der Waals surface area (Å²) in [6, 6.07) is -0.705. The van der Waals surface area contributed by atoms with E-state index < -0.39 is 24.2 Å². The summed E-state index contributed by atoms with van der Waals surface area (Å²) in [6.07, 6.45) is 48.2. The van der Waals surface area contributed by atoms with Crippen LogP contribution < -0.4 is 5.32 Å². The van der Waals surface area contributed by atoms with E-state index in [1.54, 1.807) is 0 Å². The highest BCUT2D eigenvalue weighted by Crippen LogP contribution is 2.17. The molecule has 0 aliphatic rings. The summed E-state index contributed by atoms with van der Waals surface area (Å²) < 4.78 is 0. The molecule has 4 N–H and O–H groups in total. The van der Waals surface area contributed by atoms with Gasteiger partial charge in [0, 0.05) is 0 Å². The van der Waals surface area contributed by atoms with Gasteiger partial charge in [0.2, 0.25) is 5.91 Å². The van der Waals surface area contributed by atoms with E-state index in [0.717, 1.165) is 32.1 Å². The number of carbonyl (C=O) groups excluding carboxylic acids is 1. The minimum Gasteiger partial charge on any atom is -0.394 e. The van der Waals surface area contributed by atoms with Crippen LogP contribution in [0.25, 0.3) is 0 Å². The molecular formula is C46H93NO4. The molecule has 0 fully saturated rings. The summed E-state index contributed by atoms with van der Waals surface area (Å²) in [6.45, 7) is 4.25. The maximum Gasteiger partial charge on any atom is 0.249 e. The first-order valence-electron chi connectivity index (χ1n) is 23.3. The van der Waals surface area contributed by atoms with Crippen LogP contribution in [0.15, 0.2) is 0 Å². The predicted octanol–water partition coefficient (Wildman–Crippen LogP) is 13.4. The van der Waals surface area contributed by atoms with E-state index >= 15 is 0 Å². The molecule has 3 atom stereocenters. The van der Waals surface area contributed by atoms with Crippen molar-refractivity contribution in [1.82, 2.24) is 5.32 Å². The van der Waals surface area contributed by atoms with Crippen LogP contribution in [0.1, 0.15) is 264 Å². The first-order chi connectivity index (χ1) is 25.1. The van der Waals surface area contributed by atoms with Crippen LogP contribution in [0.4, 0.5) is 0 Å². The van der Waals surface area contributed by atoms with Gasteiger partial charge in [-0.25, -0.2) is 0 Å². The molecule has 0 spiro atoms. The number of rotatable bonds is 43. The third-order valence-corrected chi connectivity index (χ3v) is 11.2. The van der Waals surface area contributed by atoms with Crippen LogP contribution >= 0.6 is 0 Å². The molecule has 0 aromatic heterocycles. The molecule has 5 nitrogen and oxygen atoms in total. The van der Waals surface area contributed by atoms with Gasteiger partial charge in [-0.15, -0.1) is 0 Å². The monoisotopic (exact) mass is 724 g/mol. The Kier molecular flexibility index (Phi) is 41.6.